The van der Waals surface area contributed by atoms with Gasteiger partial charge in [-0.2, -0.15) is 0 Å². The van der Waals surface area contributed by atoms with E-state index in [0.717, 1.165) is 18.4 Å². The molecule has 4 atom stereocenters. The molecule has 3 aliphatic rings. The molecule has 0 bridgehead atoms. The summed E-state index contributed by atoms with van der Waals surface area (Å²) in [5.41, 5.74) is 0.115. The zero-order valence-electron chi connectivity index (χ0n) is 11.2. The van der Waals surface area contributed by atoms with Crippen molar-refractivity contribution in [3.8, 4) is 0 Å². The number of rotatable bonds is 1. The summed E-state index contributed by atoms with van der Waals surface area (Å²) in [5.74, 6) is -0.362. The maximum Gasteiger partial charge on any atom is 0.316 e. The summed E-state index contributed by atoms with van der Waals surface area (Å²) in [7, 11) is 1.39. The summed E-state index contributed by atoms with van der Waals surface area (Å²) >= 11 is 0. The highest BCUT2D eigenvalue weighted by atomic mass is 16.5. The Bertz CT molecular complexity index is 490. The number of ether oxygens (including phenoxy) is 2. The average molecular weight is 262 g/mol. The molecule has 0 radical (unpaired) electrons. The number of hydrogen-bond acceptors (Lipinski definition) is 4. The van der Waals surface area contributed by atoms with Crippen LogP contribution >= 0.6 is 0 Å². The molecule has 4 heteroatoms. The topological polar surface area (TPSA) is 52.6 Å². The molecule has 0 aromatic rings. The minimum absolute atomic E-state index is 0.0120. The Morgan fingerprint density at radius 1 is 1.53 bits per heavy atom. The van der Waals surface area contributed by atoms with Gasteiger partial charge in [-0.1, -0.05) is 17.7 Å². The lowest BCUT2D eigenvalue weighted by Gasteiger charge is -2.53. The highest BCUT2D eigenvalue weighted by Crippen LogP contribution is 2.55. The van der Waals surface area contributed by atoms with Crippen LogP contribution in [0.3, 0.4) is 0 Å². The molecule has 0 amide bonds. The van der Waals surface area contributed by atoms with Gasteiger partial charge in [-0.3, -0.25) is 9.59 Å². The fourth-order valence-corrected chi connectivity index (χ4v) is 4.01. The van der Waals surface area contributed by atoms with Crippen LogP contribution in [0, 0.1) is 17.3 Å². The Kier molecular flexibility index (Phi) is 2.86. The van der Waals surface area contributed by atoms with Crippen molar-refractivity contribution in [2.75, 3.05) is 13.7 Å². The van der Waals surface area contributed by atoms with E-state index < -0.39 is 11.5 Å². The Morgan fingerprint density at radius 3 is 3.05 bits per heavy atom. The molecule has 4 nitrogen and oxygen atoms in total. The predicted octanol–water partition coefficient (Wildman–Crippen LogP) is 1.66. The van der Waals surface area contributed by atoms with Gasteiger partial charge >= 0.3 is 5.97 Å². The van der Waals surface area contributed by atoms with E-state index in [-0.39, 0.29) is 23.6 Å². The third-order valence-corrected chi connectivity index (χ3v) is 4.79. The van der Waals surface area contributed by atoms with Gasteiger partial charge in [-0.05, 0) is 31.8 Å². The lowest BCUT2D eigenvalue weighted by molar-refractivity contribution is -0.191. The summed E-state index contributed by atoms with van der Waals surface area (Å²) in [5, 5.41) is 0. The molecule has 3 rings (SSSR count). The van der Waals surface area contributed by atoms with Crippen LogP contribution in [0.4, 0.5) is 0 Å². The summed E-state index contributed by atoms with van der Waals surface area (Å²) < 4.78 is 10.7. The van der Waals surface area contributed by atoms with Crippen molar-refractivity contribution in [2.45, 2.75) is 25.9 Å². The molecule has 1 heterocycles. The van der Waals surface area contributed by atoms with Crippen molar-refractivity contribution in [3.05, 3.63) is 23.8 Å². The maximum atomic E-state index is 12.5. The Morgan fingerprint density at radius 2 is 2.32 bits per heavy atom. The molecule has 102 valence electrons. The third kappa shape index (κ3) is 1.49. The first-order valence-corrected chi connectivity index (χ1v) is 6.71. The number of methoxy groups -OCH3 is 1. The number of allylic oxidation sites excluding steroid dienone is 3. The molecule has 0 N–H and O–H groups in total. The van der Waals surface area contributed by atoms with Gasteiger partial charge in [0.05, 0.1) is 7.11 Å². The number of carbonyl (C=O) groups is 2. The first kappa shape index (κ1) is 12.6. The SMILES string of the molecule is COC(=O)[C@@]12C3CC=C[C@@H]1CCO[C@@H]2C(=O)C=C3C. The van der Waals surface area contributed by atoms with E-state index in [1.807, 2.05) is 6.92 Å². The fourth-order valence-electron chi connectivity index (χ4n) is 4.01. The molecule has 1 fully saturated rings. The molecule has 1 aliphatic heterocycles. The van der Waals surface area contributed by atoms with Gasteiger partial charge in [0, 0.05) is 12.5 Å². The summed E-state index contributed by atoms with van der Waals surface area (Å²) in [6, 6.07) is 0. The molecule has 0 aromatic carbocycles. The van der Waals surface area contributed by atoms with Gasteiger partial charge in [0.25, 0.3) is 0 Å². The van der Waals surface area contributed by atoms with Crippen molar-refractivity contribution in [3.63, 3.8) is 0 Å². The highest BCUT2D eigenvalue weighted by Gasteiger charge is 2.63. The van der Waals surface area contributed by atoms with Crippen LogP contribution in [0.25, 0.3) is 0 Å². The second kappa shape index (κ2) is 4.30. The molecule has 19 heavy (non-hydrogen) atoms. The predicted molar refractivity (Wildman–Crippen MR) is 68.3 cm³/mol. The summed E-state index contributed by atoms with van der Waals surface area (Å²) in [4.78, 5) is 24.8. The van der Waals surface area contributed by atoms with Gasteiger partial charge in [0.15, 0.2) is 5.78 Å². The molecule has 1 unspecified atom stereocenters. The number of carbonyl (C=O) groups excluding carboxylic acids is 2. The van der Waals surface area contributed by atoms with E-state index >= 15 is 0 Å². The number of hydrogen-bond donors (Lipinski definition) is 0. The molecule has 0 spiro atoms. The van der Waals surface area contributed by atoms with Crippen molar-refractivity contribution >= 4 is 11.8 Å². The van der Waals surface area contributed by atoms with Crippen LogP contribution in [-0.2, 0) is 19.1 Å². The van der Waals surface area contributed by atoms with Crippen LogP contribution in [-0.4, -0.2) is 31.6 Å². The molecule has 1 saturated heterocycles. The number of esters is 1. The van der Waals surface area contributed by atoms with Crippen LogP contribution in [0.1, 0.15) is 19.8 Å². The smallest absolute Gasteiger partial charge is 0.316 e. The van der Waals surface area contributed by atoms with Crippen molar-refractivity contribution in [1.82, 2.24) is 0 Å². The van der Waals surface area contributed by atoms with E-state index in [4.69, 9.17) is 9.47 Å². The first-order valence-electron chi connectivity index (χ1n) is 6.71. The van der Waals surface area contributed by atoms with Crippen molar-refractivity contribution < 1.29 is 19.1 Å². The lowest BCUT2D eigenvalue weighted by Crippen LogP contribution is -2.62. The lowest BCUT2D eigenvalue weighted by atomic mass is 9.53. The fraction of sp³-hybridized carbons (Fsp3) is 0.600. The van der Waals surface area contributed by atoms with Gasteiger partial charge in [-0.25, -0.2) is 0 Å². The Labute approximate surface area is 112 Å². The second-order valence-corrected chi connectivity index (χ2v) is 5.58. The van der Waals surface area contributed by atoms with E-state index in [2.05, 4.69) is 12.2 Å². The average Bonchev–Trinajstić information content (AvgIpc) is 2.43. The van der Waals surface area contributed by atoms with Crippen LogP contribution in [0.5, 0.6) is 0 Å². The van der Waals surface area contributed by atoms with Gasteiger partial charge in [0.1, 0.15) is 11.5 Å². The largest absolute Gasteiger partial charge is 0.468 e. The molecule has 2 aliphatic carbocycles. The van der Waals surface area contributed by atoms with E-state index in [1.54, 1.807) is 6.08 Å². The van der Waals surface area contributed by atoms with E-state index in [0.29, 0.717) is 6.61 Å². The zero-order valence-corrected chi connectivity index (χ0v) is 11.2. The second-order valence-electron chi connectivity index (χ2n) is 5.58. The molecule has 0 saturated carbocycles. The minimum atomic E-state index is -0.850. The Hall–Kier alpha value is -1.42. The van der Waals surface area contributed by atoms with Gasteiger partial charge < -0.3 is 9.47 Å². The molecular formula is C15H18O4. The van der Waals surface area contributed by atoms with Crippen molar-refractivity contribution in [2.24, 2.45) is 17.3 Å². The van der Waals surface area contributed by atoms with Crippen LogP contribution < -0.4 is 0 Å². The quantitative estimate of drug-likeness (QED) is 0.532. The van der Waals surface area contributed by atoms with Crippen LogP contribution in [0.2, 0.25) is 0 Å². The zero-order chi connectivity index (χ0) is 13.6. The normalized spacial score (nSPS) is 40.4. The summed E-state index contributed by atoms with van der Waals surface area (Å²) in [6.45, 7) is 2.44. The third-order valence-electron chi connectivity index (χ3n) is 4.79. The summed E-state index contributed by atoms with van der Waals surface area (Å²) in [6.07, 6.45) is 6.66. The maximum absolute atomic E-state index is 12.5. The molecular weight excluding hydrogens is 244 g/mol. The number of ketones is 1. The minimum Gasteiger partial charge on any atom is -0.468 e. The molecule has 0 aromatic heterocycles. The highest BCUT2D eigenvalue weighted by molar-refractivity contribution is 6.01. The monoisotopic (exact) mass is 262 g/mol. The standard InChI is InChI=1S/C15H18O4/c1-9-8-12(16)13-15(14(17)18-2)10(6-7-19-13)4-3-5-11(9)15/h3-4,8,10-11,13H,5-7H2,1-2H3/t10-,11?,13-,15-/m1/s1. The van der Waals surface area contributed by atoms with E-state index in [9.17, 15) is 9.59 Å². The van der Waals surface area contributed by atoms with Gasteiger partial charge in [-0.15, -0.1) is 0 Å². The van der Waals surface area contributed by atoms with Gasteiger partial charge in [0.2, 0.25) is 0 Å². The Balaban J connectivity index is 2.21. The van der Waals surface area contributed by atoms with E-state index in [1.165, 1.54) is 7.11 Å². The van der Waals surface area contributed by atoms with Crippen molar-refractivity contribution in [1.29, 1.82) is 0 Å². The van der Waals surface area contributed by atoms with Crippen LogP contribution in [0.15, 0.2) is 23.8 Å². The first-order chi connectivity index (χ1) is 9.12.